The van der Waals surface area contributed by atoms with Crippen LogP contribution < -0.4 is 5.32 Å². The zero-order valence-electron chi connectivity index (χ0n) is 16.2. The third-order valence-corrected chi connectivity index (χ3v) is 3.52. The van der Waals surface area contributed by atoms with Crippen LogP contribution in [0.25, 0.3) is 0 Å². The van der Waals surface area contributed by atoms with E-state index < -0.39 is 41.2 Å². The van der Waals surface area contributed by atoms with E-state index in [4.69, 9.17) is 4.74 Å². The van der Waals surface area contributed by atoms with E-state index in [1.54, 1.807) is 20.8 Å². The molecule has 1 aromatic carbocycles. The number of halogens is 3. The molecule has 156 valence electrons. The lowest BCUT2D eigenvalue weighted by Crippen LogP contribution is -2.42. The highest BCUT2D eigenvalue weighted by Crippen LogP contribution is 2.29. The molecule has 1 aromatic rings. The molecule has 1 rings (SSSR count). The van der Waals surface area contributed by atoms with Gasteiger partial charge in [0.2, 0.25) is 5.91 Å². The second kappa shape index (κ2) is 9.57. The van der Waals surface area contributed by atoms with E-state index in [0.717, 1.165) is 19.2 Å². The number of ether oxygens (including phenoxy) is 2. The van der Waals surface area contributed by atoms with Gasteiger partial charge in [-0.05, 0) is 44.9 Å². The Morgan fingerprint density at radius 1 is 1.07 bits per heavy atom. The summed E-state index contributed by atoms with van der Waals surface area (Å²) in [7, 11) is 1.14. The predicted octanol–water partition coefficient (Wildman–Crippen LogP) is 3.03. The SMILES string of the molecule is COC(=O)[C@H](CCC(=O)OC(C)(C)C)NC(=O)Cc1ccc(C(F)(F)F)cc1. The third kappa shape index (κ3) is 8.41. The number of benzene rings is 1. The molecule has 0 aliphatic carbocycles. The third-order valence-electron chi connectivity index (χ3n) is 3.52. The number of hydrogen-bond donors (Lipinski definition) is 1. The second-order valence-corrected chi connectivity index (χ2v) is 7.14. The molecule has 0 fully saturated rings. The van der Waals surface area contributed by atoms with E-state index in [2.05, 4.69) is 10.1 Å². The Hall–Kier alpha value is -2.58. The molecule has 1 N–H and O–H groups in total. The molecule has 0 radical (unpaired) electrons. The first-order chi connectivity index (χ1) is 12.8. The summed E-state index contributed by atoms with van der Waals surface area (Å²) >= 11 is 0. The zero-order chi connectivity index (χ0) is 21.5. The van der Waals surface area contributed by atoms with E-state index in [9.17, 15) is 27.6 Å². The summed E-state index contributed by atoms with van der Waals surface area (Å²) in [5, 5.41) is 2.44. The Bertz CT molecular complexity index is 693. The maximum absolute atomic E-state index is 12.6. The maximum atomic E-state index is 12.6. The Morgan fingerprint density at radius 2 is 1.64 bits per heavy atom. The summed E-state index contributed by atoms with van der Waals surface area (Å²) in [5.74, 6) is -1.85. The number of rotatable bonds is 7. The summed E-state index contributed by atoms with van der Waals surface area (Å²) in [6, 6.07) is 3.07. The van der Waals surface area contributed by atoms with Gasteiger partial charge in [0.25, 0.3) is 0 Å². The highest BCUT2D eigenvalue weighted by Gasteiger charge is 2.30. The van der Waals surface area contributed by atoms with Crippen LogP contribution in [-0.2, 0) is 36.5 Å². The van der Waals surface area contributed by atoms with Crippen LogP contribution in [-0.4, -0.2) is 36.6 Å². The number of methoxy groups -OCH3 is 1. The van der Waals surface area contributed by atoms with Gasteiger partial charge in [-0.15, -0.1) is 0 Å². The minimum absolute atomic E-state index is 0.0274. The summed E-state index contributed by atoms with van der Waals surface area (Å²) in [4.78, 5) is 35.8. The Morgan fingerprint density at radius 3 is 2.11 bits per heavy atom. The summed E-state index contributed by atoms with van der Waals surface area (Å²) in [6.07, 6.45) is -4.82. The molecule has 0 aliphatic heterocycles. The van der Waals surface area contributed by atoms with E-state index in [1.807, 2.05) is 0 Å². The van der Waals surface area contributed by atoms with E-state index in [0.29, 0.717) is 5.56 Å². The van der Waals surface area contributed by atoms with Crippen LogP contribution in [0.3, 0.4) is 0 Å². The van der Waals surface area contributed by atoms with E-state index in [-0.39, 0.29) is 19.3 Å². The van der Waals surface area contributed by atoms with Gasteiger partial charge in [-0.1, -0.05) is 12.1 Å². The van der Waals surface area contributed by atoms with Gasteiger partial charge >= 0.3 is 18.1 Å². The fraction of sp³-hybridized carbons (Fsp3) is 0.526. The van der Waals surface area contributed by atoms with Crippen molar-refractivity contribution in [3.63, 3.8) is 0 Å². The molecule has 0 aromatic heterocycles. The largest absolute Gasteiger partial charge is 0.467 e. The first kappa shape index (κ1) is 23.5. The van der Waals surface area contributed by atoms with Crippen molar-refractivity contribution in [2.75, 3.05) is 7.11 Å². The predicted molar refractivity (Wildman–Crippen MR) is 94.2 cm³/mol. The summed E-state index contributed by atoms with van der Waals surface area (Å²) < 4.78 is 47.5. The fourth-order valence-corrected chi connectivity index (χ4v) is 2.29. The van der Waals surface area contributed by atoms with Gasteiger partial charge < -0.3 is 14.8 Å². The first-order valence-corrected chi connectivity index (χ1v) is 8.57. The number of hydrogen-bond acceptors (Lipinski definition) is 5. The highest BCUT2D eigenvalue weighted by atomic mass is 19.4. The second-order valence-electron chi connectivity index (χ2n) is 7.14. The number of carbonyl (C=O) groups is 3. The smallest absolute Gasteiger partial charge is 0.416 e. The van der Waals surface area contributed by atoms with Gasteiger partial charge in [0.1, 0.15) is 11.6 Å². The van der Waals surface area contributed by atoms with E-state index >= 15 is 0 Å². The molecule has 1 atom stereocenters. The molecular formula is C19H24F3NO5. The number of nitrogens with one attached hydrogen (secondary N) is 1. The van der Waals surface area contributed by atoms with Gasteiger partial charge in [0, 0.05) is 6.42 Å². The van der Waals surface area contributed by atoms with Crippen molar-refractivity contribution in [1.82, 2.24) is 5.32 Å². The zero-order valence-corrected chi connectivity index (χ0v) is 16.2. The summed E-state index contributed by atoms with van der Waals surface area (Å²) in [5.41, 5.74) is -1.15. The minimum atomic E-state index is -4.46. The maximum Gasteiger partial charge on any atom is 0.416 e. The van der Waals surface area contributed by atoms with Crippen LogP contribution in [0.15, 0.2) is 24.3 Å². The van der Waals surface area contributed by atoms with Crippen LogP contribution in [0.2, 0.25) is 0 Å². The molecule has 1 amide bonds. The van der Waals surface area contributed by atoms with Crippen LogP contribution >= 0.6 is 0 Å². The minimum Gasteiger partial charge on any atom is -0.467 e. The van der Waals surface area contributed by atoms with Gasteiger partial charge in [-0.25, -0.2) is 4.79 Å². The average Bonchev–Trinajstić information content (AvgIpc) is 2.56. The molecule has 0 spiro atoms. The van der Waals surface area contributed by atoms with Crippen molar-refractivity contribution in [2.24, 2.45) is 0 Å². The monoisotopic (exact) mass is 403 g/mol. The molecule has 6 nitrogen and oxygen atoms in total. The first-order valence-electron chi connectivity index (χ1n) is 8.57. The molecular weight excluding hydrogens is 379 g/mol. The van der Waals surface area contributed by atoms with E-state index in [1.165, 1.54) is 12.1 Å². The number of esters is 2. The molecule has 0 aliphatic rings. The molecule has 0 bridgehead atoms. The average molecular weight is 403 g/mol. The Kier molecular flexibility index (Phi) is 8.01. The number of carbonyl (C=O) groups excluding carboxylic acids is 3. The Labute approximate surface area is 161 Å². The van der Waals surface area contributed by atoms with Crippen molar-refractivity contribution >= 4 is 17.8 Å². The lowest BCUT2D eigenvalue weighted by molar-refractivity contribution is -0.155. The Balaban J connectivity index is 2.67. The van der Waals surface area contributed by atoms with Crippen LogP contribution in [0.1, 0.15) is 44.7 Å². The number of alkyl halides is 3. The molecule has 28 heavy (non-hydrogen) atoms. The topological polar surface area (TPSA) is 81.7 Å². The molecule has 0 saturated carbocycles. The lowest BCUT2D eigenvalue weighted by atomic mass is 10.1. The van der Waals surface area contributed by atoms with Crippen molar-refractivity contribution < 1.29 is 37.0 Å². The molecule has 0 saturated heterocycles. The molecule has 0 heterocycles. The number of amides is 1. The quantitative estimate of drug-likeness (QED) is 0.708. The van der Waals surface area contributed by atoms with Gasteiger partial charge in [0.05, 0.1) is 19.1 Å². The standard InChI is InChI=1S/C19H24F3NO5/c1-18(2,3)28-16(25)10-9-14(17(26)27-4)23-15(24)11-12-5-7-13(8-6-12)19(20,21)22/h5-8,14H,9-11H2,1-4H3,(H,23,24)/t14-/m0/s1. The van der Waals surface area contributed by atoms with Crippen LogP contribution in [0.4, 0.5) is 13.2 Å². The van der Waals surface area contributed by atoms with Crippen LogP contribution in [0, 0.1) is 0 Å². The van der Waals surface area contributed by atoms with Crippen molar-refractivity contribution in [3.05, 3.63) is 35.4 Å². The van der Waals surface area contributed by atoms with Gasteiger partial charge in [-0.3, -0.25) is 9.59 Å². The van der Waals surface area contributed by atoms with Gasteiger partial charge in [-0.2, -0.15) is 13.2 Å². The normalized spacial score (nSPS) is 12.8. The van der Waals surface area contributed by atoms with Crippen molar-refractivity contribution in [2.45, 2.75) is 57.9 Å². The van der Waals surface area contributed by atoms with Gasteiger partial charge in [0.15, 0.2) is 0 Å². The highest BCUT2D eigenvalue weighted by molar-refractivity contribution is 5.86. The van der Waals surface area contributed by atoms with Crippen LogP contribution in [0.5, 0.6) is 0 Å². The fourth-order valence-electron chi connectivity index (χ4n) is 2.29. The van der Waals surface area contributed by atoms with Crippen molar-refractivity contribution in [3.8, 4) is 0 Å². The molecule has 9 heteroatoms. The molecule has 0 unspecified atom stereocenters. The van der Waals surface area contributed by atoms with Crippen molar-refractivity contribution in [1.29, 1.82) is 0 Å². The summed E-state index contributed by atoms with van der Waals surface area (Å²) in [6.45, 7) is 5.11. The lowest BCUT2D eigenvalue weighted by Gasteiger charge is -2.21.